The molecule has 2 aromatic rings. The molecule has 1 aliphatic heterocycles. The summed E-state index contributed by atoms with van der Waals surface area (Å²) in [5.74, 6) is 0.157. The first-order valence-corrected chi connectivity index (χ1v) is 12.1. The number of amides is 3. The maximum Gasteiger partial charge on any atom is 0.254 e. The monoisotopic (exact) mass is 463 g/mol. The zero-order chi connectivity index (χ0) is 23.9. The second kappa shape index (κ2) is 11.2. The maximum atomic E-state index is 13.2. The van der Waals surface area contributed by atoms with Crippen LogP contribution in [0.15, 0.2) is 54.6 Å². The van der Waals surface area contributed by atoms with E-state index in [1.54, 1.807) is 48.4 Å². The second-order valence-electron chi connectivity index (χ2n) is 9.17. The van der Waals surface area contributed by atoms with Crippen LogP contribution < -0.4 is 15.4 Å². The molecule has 2 N–H and O–H groups in total. The molecule has 1 saturated carbocycles. The van der Waals surface area contributed by atoms with Crippen molar-refractivity contribution in [3.8, 4) is 5.75 Å². The van der Waals surface area contributed by atoms with E-state index in [9.17, 15) is 14.4 Å². The molecule has 2 aromatic carbocycles. The van der Waals surface area contributed by atoms with Crippen LogP contribution in [0.1, 0.15) is 59.2 Å². The number of nitrogens with zero attached hydrogens (tertiary/aromatic N) is 1. The molecule has 1 aliphatic carbocycles. The Labute approximate surface area is 200 Å². The lowest BCUT2D eigenvalue weighted by Crippen LogP contribution is -2.55. The van der Waals surface area contributed by atoms with E-state index < -0.39 is 0 Å². The fraction of sp³-hybridized carbons (Fsp3) is 0.444. The van der Waals surface area contributed by atoms with E-state index in [0.29, 0.717) is 30.0 Å². The lowest BCUT2D eigenvalue weighted by atomic mass is 9.88. The number of nitrogens with one attached hydrogen (secondary N) is 2. The van der Waals surface area contributed by atoms with Gasteiger partial charge in [-0.25, -0.2) is 0 Å². The third-order valence-corrected chi connectivity index (χ3v) is 6.84. The van der Waals surface area contributed by atoms with E-state index in [2.05, 4.69) is 10.6 Å². The molecule has 1 saturated heterocycles. The fourth-order valence-electron chi connectivity index (χ4n) is 4.93. The molecule has 0 aromatic heterocycles. The van der Waals surface area contributed by atoms with E-state index in [-0.39, 0.29) is 35.7 Å². The van der Waals surface area contributed by atoms with Crippen molar-refractivity contribution in [2.24, 2.45) is 5.92 Å². The van der Waals surface area contributed by atoms with E-state index in [0.717, 1.165) is 38.5 Å². The molecule has 7 nitrogen and oxygen atoms in total. The maximum absolute atomic E-state index is 13.2. The number of benzene rings is 2. The zero-order valence-electron chi connectivity index (χ0n) is 19.7. The van der Waals surface area contributed by atoms with Gasteiger partial charge >= 0.3 is 0 Å². The molecule has 2 unspecified atom stereocenters. The molecule has 34 heavy (non-hydrogen) atoms. The molecule has 0 radical (unpaired) electrons. The molecule has 180 valence electrons. The highest BCUT2D eigenvalue weighted by Gasteiger charge is 2.33. The van der Waals surface area contributed by atoms with E-state index >= 15 is 0 Å². The Balaban J connectivity index is 1.36. The van der Waals surface area contributed by atoms with Crippen LogP contribution in [0.3, 0.4) is 0 Å². The summed E-state index contributed by atoms with van der Waals surface area (Å²) >= 11 is 0. The number of methoxy groups -OCH3 is 1. The van der Waals surface area contributed by atoms with Crippen molar-refractivity contribution < 1.29 is 19.1 Å². The van der Waals surface area contributed by atoms with E-state index in [4.69, 9.17) is 4.74 Å². The molecular formula is C27H33N3O4. The van der Waals surface area contributed by atoms with Gasteiger partial charge in [0.15, 0.2) is 0 Å². The number of piperidine rings is 1. The topological polar surface area (TPSA) is 87.7 Å². The van der Waals surface area contributed by atoms with Gasteiger partial charge < -0.3 is 20.3 Å². The van der Waals surface area contributed by atoms with E-state index in [1.165, 1.54) is 0 Å². The summed E-state index contributed by atoms with van der Waals surface area (Å²) in [6.07, 6.45) is 5.26. The van der Waals surface area contributed by atoms with Gasteiger partial charge in [0, 0.05) is 36.3 Å². The quantitative estimate of drug-likeness (QED) is 0.687. The third-order valence-electron chi connectivity index (χ3n) is 6.84. The highest BCUT2D eigenvalue weighted by molar-refractivity contribution is 5.95. The summed E-state index contributed by atoms with van der Waals surface area (Å²) in [7, 11) is 1.58. The number of carbonyl (C=O) groups is 3. The molecule has 0 spiro atoms. The zero-order valence-corrected chi connectivity index (χ0v) is 19.7. The van der Waals surface area contributed by atoms with Gasteiger partial charge in [0.2, 0.25) is 5.91 Å². The van der Waals surface area contributed by atoms with Crippen molar-refractivity contribution in [1.82, 2.24) is 15.5 Å². The Morgan fingerprint density at radius 3 is 2.29 bits per heavy atom. The van der Waals surface area contributed by atoms with Crippen LogP contribution in [0.2, 0.25) is 0 Å². The second-order valence-corrected chi connectivity index (χ2v) is 9.17. The average molecular weight is 464 g/mol. The standard InChI is InChI=1S/C27H33N3O4/c1-34-22-13-7-11-20(17-22)27(33)30-16-8-12-21(18-30)26(32)29-24-15-6-5-14-23(24)28-25(31)19-9-3-2-4-10-19/h2-4,7,9-11,13,17,21,23-24H,5-6,8,12,14-16,18H2,1H3,(H,28,31)(H,29,32)/t21?,23-,24?/m1/s1. The number of likely N-dealkylation sites (tertiary alicyclic amines) is 1. The predicted molar refractivity (Wildman–Crippen MR) is 130 cm³/mol. The van der Waals surface area contributed by atoms with Crippen LogP contribution in [-0.4, -0.2) is 54.9 Å². The highest BCUT2D eigenvalue weighted by atomic mass is 16.5. The molecule has 3 amide bonds. The molecule has 3 atom stereocenters. The lowest BCUT2D eigenvalue weighted by Gasteiger charge is -2.36. The normalized spacial score (nSPS) is 22.5. The van der Waals surface area contributed by atoms with E-state index in [1.807, 2.05) is 18.2 Å². The summed E-state index contributed by atoms with van der Waals surface area (Å²) in [5, 5.41) is 6.32. The molecule has 2 aliphatic rings. The van der Waals surface area contributed by atoms with Gasteiger partial charge in [0.05, 0.1) is 13.0 Å². The Kier molecular flexibility index (Phi) is 7.83. The molecule has 4 rings (SSSR count). The largest absolute Gasteiger partial charge is 0.497 e. The van der Waals surface area contributed by atoms with Crippen molar-refractivity contribution in [2.45, 2.75) is 50.6 Å². The molecule has 7 heteroatoms. The van der Waals surface area contributed by atoms with Crippen LogP contribution in [0, 0.1) is 5.92 Å². The van der Waals surface area contributed by atoms with Crippen LogP contribution in [0.5, 0.6) is 5.75 Å². The number of hydrogen-bond acceptors (Lipinski definition) is 4. The van der Waals surface area contributed by atoms with Crippen LogP contribution in [0.4, 0.5) is 0 Å². The number of hydrogen-bond donors (Lipinski definition) is 2. The van der Waals surface area contributed by atoms with Gasteiger partial charge in [-0.1, -0.05) is 37.1 Å². The van der Waals surface area contributed by atoms with Gasteiger partial charge in [-0.05, 0) is 56.0 Å². The van der Waals surface area contributed by atoms with Crippen molar-refractivity contribution in [3.63, 3.8) is 0 Å². The highest BCUT2D eigenvalue weighted by Crippen LogP contribution is 2.23. The van der Waals surface area contributed by atoms with Crippen LogP contribution >= 0.6 is 0 Å². The Bertz CT molecular complexity index is 1010. The molecule has 0 bridgehead atoms. The van der Waals surface area contributed by atoms with Gasteiger partial charge in [0.25, 0.3) is 11.8 Å². The smallest absolute Gasteiger partial charge is 0.254 e. The van der Waals surface area contributed by atoms with Crippen molar-refractivity contribution in [3.05, 3.63) is 65.7 Å². The first-order valence-electron chi connectivity index (χ1n) is 12.1. The minimum Gasteiger partial charge on any atom is -0.497 e. The Morgan fingerprint density at radius 2 is 1.56 bits per heavy atom. The lowest BCUT2D eigenvalue weighted by molar-refractivity contribution is -0.127. The fourth-order valence-corrected chi connectivity index (χ4v) is 4.93. The van der Waals surface area contributed by atoms with Crippen LogP contribution in [0.25, 0.3) is 0 Å². The van der Waals surface area contributed by atoms with Crippen molar-refractivity contribution in [2.75, 3.05) is 20.2 Å². The third kappa shape index (κ3) is 5.76. The minimum absolute atomic E-state index is 0.0333. The van der Waals surface area contributed by atoms with Crippen molar-refractivity contribution >= 4 is 17.7 Å². The van der Waals surface area contributed by atoms with Crippen LogP contribution in [-0.2, 0) is 4.79 Å². The Morgan fingerprint density at radius 1 is 0.853 bits per heavy atom. The first kappa shape index (κ1) is 23.8. The molecule has 2 fully saturated rings. The minimum atomic E-state index is -0.254. The average Bonchev–Trinajstić information content (AvgIpc) is 2.90. The number of ether oxygens (including phenoxy) is 1. The number of rotatable bonds is 6. The number of carbonyl (C=O) groups excluding carboxylic acids is 3. The van der Waals surface area contributed by atoms with Gasteiger partial charge in [-0.15, -0.1) is 0 Å². The summed E-state index contributed by atoms with van der Waals surface area (Å²) in [5.41, 5.74) is 1.19. The van der Waals surface area contributed by atoms with Crippen molar-refractivity contribution in [1.29, 1.82) is 0 Å². The SMILES string of the molecule is COc1cccc(C(=O)N2CCCC(C(=O)NC3CCCC[C@H]3NC(=O)c3ccccc3)C2)c1. The van der Waals surface area contributed by atoms with Gasteiger partial charge in [-0.2, -0.15) is 0 Å². The Hall–Kier alpha value is -3.35. The summed E-state index contributed by atoms with van der Waals surface area (Å²) in [6, 6.07) is 16.1. The van der Waals surface area contributed by atoms with Gasteiger partial charge in [-0.3, -0.25) is 14.4 Å². The summed E-state index contributed by atoms with van der Waals surface area (Å²) < 4.78 is 5.24. The van der Waals surface area contributed by atoms with Gasteiger partial charge in [0.1, 0.15) is 5.75 Å². The first-order chi connectivity index (χ1) is 16.5. The summed E-state index contributed by atoms with van der Waals surface area (Å²) in [4.78, 5) is 40.6. The molecule has 1 heterocycles. The predicted octanol–water partition coefficient (Wildman–Crippen LogP) is 3.40. The molecular weight excluding hydrogens is 430 g/mol. The summed E-state index contributed by atoms with van der Waals surface area (Å²) in [6.45, 7) is 1.04.